The van der Waals surface area contributed by atoms with Gasteiger partial charge in [-0.2, -0.15) is 13.2 Å². The molecular formula is C20H13ClF4N3OS+. The van der Waals surface area contributed by atoms with Crippen molar-refractivity contribution in [3.05, 3.63) is 101 Å². The summed E-state index contributed by atoms with van der Waals surface area (Å²) in [6.45, 7) is 3.96. The van der Waals surface area contributed by atoms with Crippen molar-refractivity contribution in [2.24, 2.45) is 0 Å². The fourth-order valence-corrected chi connectivity index (χ4v) is 3.60. The normalized spacial score (nSPS) is 13.5. The molecule has 1 N–H and O–H groups in total. The van der Waals surface area contributed by atoms with Gasteiger partial charge in [-0.05, 0) is 52.8 Å². The van der Waals surface area contributed by atoms with E-state index in [-0.39, 0.29) is 39.4 Å². The summed E-state index contributed by atoms with van der Waals surface area (Å²) < 4.78 is 68.6. The fraction of sp³-hybridized carbons (Fsp3) is 0.100. The topological polar surface area (TPSA) is 54.9 Å². The van der Waals surface area contributed by atoms with Gasteiger partial charge in [0.05, 0.1) is 26.2 Å². The first-order valence-corrected chi connectivity index (χ1v) is 9.47. The molecular weight excluding hydrogens is 442 g/mol. The van der Waals surface area contributed by atoms with Crippen LogP contribution >= 0.6 is 11.6 Å². The molecule has 0 saturated carbocycles. The molecule has 1 atom stereocenters. The molecule has 0 amide bonds. The van der Waals surface area contributed by atoms with E-state index in [9.17, 15) is 21.8 Å². The van der Waals surface area contributed by atoms with Crippen LogP contribution in [-0.4, -0.2) is 9.97 Å². The number of benzene rings is 1. The predicted octanol–water partition coefficient (Wildman–Crippen LogP) is 5.18. The van der Waals surface area contributed by atoms with Gasteiger partial charge < -0.3 is 0 Å². The average molecular weight is 455 g/mol. The second-order valence-electron chi connectivity index (χ2n) is 6.22. The Balaban J connectivity index is 2.37. The van der Waals surface area contributed by atoms with Crippen molar-refractivity contribution >= 4 is 29.0 Å². The SMILES string of the molecule is C=C(c1ccccn1)[C@](N[S+]=O)(c1cc(F)cc(C(F)(F)F)c1)c1ccc(Cl)cn1. The summed E-state index contributed by atoms with van der Waals surface area (Å²) in [5.74, 6) is -1.13. The molecule has 2 aromatic heterocycles. The Morgan fingerprint density at radius 2 is 1.80 bits per heavy atom. The number of aromatic nitrogens is 2. The summed E-state index contributed by atoms with van der Waals surface area (Å²) in [6.07, 6.45) is -2.09. The number of nitrogens with zero attached hydrogens (tertiary/aromatic N) is 2. The van der Waals surface area contributed by atoms with E-state index in [1.54, 1.807) is 18.2 Å². The van der Waals surface area contributed by atoms with Gasteiger partial charge in [0.15, 0.2) is 5.54 Å². The summed E-state index contributed by atoms with van der Waals surface area (Å²) in [5, 5.41) is 0.265. The molecule has 30 heavy (non-hydrogen) atoms. The van der Waals surface area contributed by atoms with Gasteiger partial charge in [-0.1, -0.05) is 24.2 Å². The van der Waals surface area contributed by atoms with Crippen LogP contribution in [0.3, 0.4) is 0 Å². The molecule has 0 bridgehead atoms. The van der Waals surface area contributed by atoms with Crippen LogP contribution in [0, 0.1) is 5.82 Å². The Hall–Kier alpha value is -2.75. The van der Waals surface area contributed by atoms with Crippen molar-refractivity contribution in [2.75, 3.05) is 0 Å². The van der Waals surface area contributed by atoms with Crippen molar-refractivity contribution in [3.8, 4) is 0 Å². The lowest BCUT2D eigenvalue weighted by Crippen LogP contribution is -2.43. The number of hydrogen-bond donors (Lipinski definition) is 1. The molecule has 4 nitrogen and oxygen atoms in total. The van der Waals surface area contributed by atoms with E-state index in [0.717, 1.165) is 12.1 Å². The highest BCUT2D eigenvalue weighted by atomic mass is 35.5. The molecule has 10 heteroatoms. The summed E-state index contributed by atoms with van der Waals surface area (Å²) in [5.41, 5.74) is -2.81. The maximum absolute atomic E-state index is 14.3. The van der Waals surface area contributed by atoms with E-state index >= 15 is 0 Å². The van der Waals surface area contributed by atoms with E-state index in [2.05, 4.69) is 21.3 Å². The van der Waals surface area contributed by atoms with Gasteiger partial charge in [0.25, 0.3) is 0 Å². The third-order valence-corrected chi connectivity index (χ3v) is 5.00. The van der Waals surface area contributed by atoms with Gasteiger partial charge in [0.1, 0.15) is 5.82 Å². The maximum atomic E-state index is 14.3. The molecule has 0 spiro atoms. The van der Waals surface area contributed by atoms with Crippen LogP contribution in [0.25, 0.3) is 5.57 Å². The second-order valence-corrected chi connectivity index (χ2v) is 7.02. The van der Waals surface area contributed by atoms with Crippen LogP contribution in [0.5, 0.6) is 0 Å². The molecule has 0 aliphatic carbocycles. The van der Waals surface area contributed by atoms with E-state index in [4.69, 9.17) is 11.6 Å². The molecule has 0 aliphatic heterocycles. The largest absolute Gasteiger partial charge is 0.589 e. The molecule has 0 fully saturated rings. The average Bonchev–Trinajstić information content (AvgIpc) is 2.72. The monoisotopic (exact) mass is 454 g/mol. The summed E-state index contributed by atoms with van der Waals surface area (Å²) in [4.78, 5) is 8.34. The highest BCUT2D eigenvalue weighted by Crippen LogP contribution is 2.42. The van der Waals surface area contributed by atoms with Gasteiger partial charge in [-0.15, -0.1) is 0 Å². The van der Waals surface area contributed by atoms with E-state index in [1.165, 1.54) is 24.5 Å². The predicted molar refractivity (Wildman–Crippen MR) is 106 cm³/mol. The number of alkyl halides is 3. The lowest BCUT2D eigenvalue weighted by molar-refractivity contribution is -0.137. The van der Waals surface area contributed by atoms with Crippen LogP contribution < -0.4 is 4.72 Å². The van der Waals surface area contributed by atoms with Crippen LogP contribution in [0.4, 0.5) is 17.6 Å². The molecule has 0 radical (unpaired) electrons. The van der Waals surface area contributed by atoms with Gasteiger partial charge in [0.2, 0.25) is 0 Å². The zero-order valence-electron chi connectivity index (χ0n) is 15.1. The molecule has 1 aromatic carbocycles. The van der Waals surface area contributed by atoms with Gasteiger partial charge in [-0.3, -0.25) is 9.97 Å². The number of halogens is 5. The number of pyridine rings is 2. The lowest BCUT2D eigenvalue weighted by atomic mass is 9.78. The van der Waals surface area contributed by atoms with Gasteiger partial charge in [0, 0.05) is 18.0 Å². The highest BCUT2D eigenvalue weighted by molar-refractivity contribution is 7.63. The molecule has 3 aromatic rings. The van der Waals surface area contributed by atoms with Gasteiger partial charge >= 0.3 is 18.0 Å². The maximum Gasteiger partial charge on any atom is 0.589 e. The minimum absolute atomic E-state index is 0.0876. The van der Waals surface area contributed by atoms with Crippen molar-refractivity contribution in [1.82, 2.24) is 14.7 Å². The second kappa shape index (κ2) is 8.55. The first-order valence-electron chi connectivity index (χ1n) is 8.35. The van der Waals surface area contributed by atoms with E-state index < -0.39 is 23.1 Å². The Morgan fingerprint density at radius 1 is 1.07 bits per heavy atom. The van der Waals surface area contributed by atoms with Crippen LogP contribution in [-0.2, 0) is 27.8 Å². The minimum Gasteiger partial charge on any atom is -0.257 e. The Bertz CT molecular complexity index is 1080. The Labute approximate surface area is 178 Å². The van der Waals surface area contributed by atoms with Crippen LogP contribution in [0.15, 0.2) is 67.5 Å². The summed E-state index contributed by atoms with van der Waals surface area (Å²) in [6, 6.07) is 9.72. The fourth-order valence-electron chi connectivity index (χ4n) is 3.01. The quantitative estimate of drug-likeness (QED) is 0.317. The summed E-state index contributed by atoms with van der Waals surface area (Å²) >= 11 is 5.78. The third-order valence-electron chi connectivity index (χ3n) is 4.39. The van der Waals surface area contributed by atoms with Gasteiger partial charge in [-0.25, -0.2) is 4.39 Å². The number of rotatable bonds is 6. The molecule has 0 saturated heterocycles. The molecule has 0 aliphatic rings. The van der Waals surface area contributed by atoms with Crippen molar-refractivity contribution in [2.45, 2.75) is 11.7 Å². The zero-order chi connectivity index (χ0) is 21.9. The third kappa shape index (κ3) is 4.23. The highest BCUT2D eigenvalue weighted by Gasteiger charge is 2.46. The minimum atomic E-state index is -4.81. The Morgan fingerprint density at radius 3 is 2.37 bits per heavy atom. The molecule has 154 valence electrons. The van der Waals surface area contributed by atoms with Crippen molar-refractivity contribution in [1.29, 1.82) is 0 Å². The van der Waals surface area contributed by atoms with E-state index in [0.29, 0.717) is 6.07 Å². The zero-order valence-corrected chi connectivity index (χ0v) is 16.7. The standard InChI is InChI=1S/C20H13ClF4N3OS/c1-12(17-4-2-3-7-26-17)19(28-30-29,18-6-5-15(21)11-27-18)13-8-14(20(23,24)25)10-16(22)9-13/h2-11H,1H2,(H,28,29)/q+1/t19-/m0/s1. The first-order chi connectivity index (χ1) is 14.2. The lowest BCUT2D eigenvalue weighted by Gasteiger charge is -2.30. The molecule has 2 heterocycles. The van der Waals surface area contributed by atoms with E-state index in [1.807, 2.05) is 0 Å². The van der Waals surface area contributed by atoms with Crippen molar-refractivity contribution < 1.29 is 21.8 Å². The number of hydrogen-bond acceptors (Lipinski definition) is 3. The van der Waals surface area contributed by atoms with Crippen LogP contribution in [0.2, 0.25) is 5.02 Å². The Kier molecular flexibility index (Phi) is 6.25. The van der Waals surface area contributed by atoms with Crippen molar-refractivity contribution in [3.63, 3.8) is 0 Å². The summed E-state index contributed by atoms with van der Waals surface area (Å²) in [7, 11) is 0. The number of nitrogens with one attached hydrogen (secondary N) is 1. The molecule has 3 rings (SSSR count). The van der Waals surface area contributed by atoms with Crippen LogP contribution in [0.1, 0.15) is 22.5 Å². The molecule has 0 unspecified atom stereocenters. The smallest absolute Gasteiger partial charge is 0.257 e. The first kappa shape index (κ1) is 21.9.